The molecule has 3 aromatic carbocycles. The number of hydrogen-bond donors (Lipinski definition) is 0. The van der Waals surface area contributed by atoms with E-state index < -0.39 is 11.8 Å². The van der Waals surface area contributed by atoms with Crippen molar-refractivity contribution < 1.29 is 58.5 Å². The molecule has 0 aliphatic rings. The molecule has 0 N–H and O–H groups in total. The molecule has 4 aromatic rings. The van der Waals surface area contributed by atoms with E-state index in [0.717, 1.165) is 11.7 Å². The fraction of sp³-hybridized carbons (Fsp3) is 0.312. The van der Waals surface area contributed by atoms with E-state index in [-0.39, 0.29) is 65.4 Å². The summed E-state index contributed by atoms with van der Waals surface area (Å²) >= 11 is 1.03. The van der Waals surface area contributed by atoms with Crippen molar-refractivity contribution in [3.8, 4) is 17.2 Å². The summed E-state index contributed by atoms with van der Waals surface area (Å²) in [5, 5.41) is 12.7. The van der Waals surface area contributed by atoms with Crippen LogP contribution in [0.15, 0.2) is 66.2 Å². The quantitative estimate of drug-likeness (QED) is 0.140. The number of rotatable bonds is 12. The van der Waals surface area contributed by atoms with Crippen LogP contribution < -0.4 is 48.9 Å². The van der Waals surface area contributed by atoms with E-state index in [4.69, 9.17) is 14.2 Å². The van der Waals surface area contributed by atoms with Gasteiger partial charge >= 0.3 is 29.6 Å². The van der Waals surface area contributed by atoms with E-state index in [1.807, 2.05) is 41.5 Å². The first-order valence-electron chi connectivity index (χ1n) is 13.5. The molecule has 8 nitrogen and oxygen atoms in total. The van der Waals surface area contributed by atoms with Gasteiger partial charge in [0.05, 0.1) is 36.0 Å². The summed E-state index contributed by atoms with van der Waals surface area (Å²) in [4.78, 5) is 26.7. The van der Waals surface area contributed by atoms with E-state index in [9.17, 15) is 14.7 Å². The molecule has 0 aliphatic carbocycles. The minimum atomic E-state index is -1.47. The maximum Gasteiger partial charge on any atom is 1.00 e. The molecule has 1 heterocycles. The first-order chi connectivity index (χ1) is 19.5. The maximum absolute atomic E-state index is 14.0. The largest absolute Gasteiger partial charge is 1.00 e. The average molecular weight is 597 g/mol. The summed E-state index contributed by atoms with van der Waals surface area (Å²) in [5.41, 5.74) is 2.29. The molecule has 42 heavy (non-hydrogen) atoms. The normalized spacial score (nSPS) is 11.8. The summed E-state index contributed by atoms with van der Waals surface area (Å²) in [6.45, 7) is 11.4. The van der Waals surface area contributed by atoms with Crippen LogP contribution in [-0.4, -0.2) is 38.8 Å². The second-order valence-corrected chi connectivity index (χ2v) is 10.9. The molecule has 0 atom stereocenters. The molecule has 0 spiro atoms. The number of aromatic nitrogens is 2. The van der Waals surface area contributed by atoms with Crippen molar-refractivity contribution in [2.24, 2.45) is 0 Å². The zero-order chi connectivity index (χ0) is 29.7. The Morgan fingerprint density at radius 1 is 0.762 bits per heavy atom. The van der Waals surface area contributed by atoms with Gasteiger partial charge in [0.2, 0.25) is 5.75 Å². The number of Topliss-reactive ketones (excluding diaryl/α,β-unsaturated/α-hetero) is 1. The Morgan fingerprint density at radius 2 is 1.33 bits per heavy atom. The molecule has 0 amide bonds. The molecule has 0 bridgehead atoms. The summed E-state index contributed by atoms with van der Waals surface area (Å²) in [7, 11) is 0. The van der Waals surface area contributed by atoms with Gasteiger partial charge in [-0.05, 0) is 76.9 Å². The third kappa shape index (κ3) is 8.19. The average Bonchev–Trinajstić information content (AvgIpc) is 3.37. The van der Waals surface area contributed by atoms with Crippen molar-refractivity contribution in [3.05, 3.63) is 82.9 Å². The number of aliphatic carboxylic acids is 1. The monoisotopic (exact) mass is 596 g/mol. The number of benzene rings is 3. The van der Waals surface area contributed by atoms with Crippen LogP contribution in [0.1, 0.15) is 63.0 Å². The van der Waals surface area contributed by atoms with Gasteiger partial charge in [0, 0.05) is 23.1 Å². The van der Waals surface area contributed by atoms with Crippen LogP contribution >= 0.6 is 11.7 Å². The van der Waals surface area contributed by atoms with Crippen molar-refractivity contribution in [3.63, 3.8) is 0 Å². The zero-order valence-electron chi connectivity index (χ0n) is 25.0. The molecule has 4 rings (SSSR count). The summed E-state index contributed by atoms with van der Waals surface area (Å²) in [6.07, 6.45) is -0.538. The molecule has 0 radical (unpaired) electrons. The molecular weight excluding hydrogens is 563 g/mol. The van der Waals surface area contributed by atoms with Crippen molar-refractivity contribution >= 4 is 40.1 Å². The van der Waals surface area contributed by atoms with Crippen LogP contribution in [0.4, 0.5) is 0 Å². The molecule has 0 unspecified atom stereocenters. The molecule has 10 heteroatoms. The molecule has 0 saturated heterocycles. The van der Waals surface area contributed by atoms with Gasteiger partial charge in [-0.15, -0.1) is 0 Å². The van der Waals surface area contributed by atoms with Crippen LogP contribution in [-0.2, 0) is 11.2 Å². The summed E-state index contributed by atoms with van der Waals surface area (Å²) < 4.78 is 26.8. The van der Waals surface area contributed by atoms with Crippen molar-refractivity contribution in [2.75, 3.05) is 0 Å². The van der Waals surface area contributed by atoms with Crippen LogP contribution in [0.2, 0.25) is 0 Å². The molecule has 1 aromatic heterocycles. The Hall–Kier alpha value is -3.24. The van der Waals surface area contributed by atoms with Gasteiger partial charge in [-0.3, -0.25) is 4.79 Å². The van der Waals surface area contributed by atoms with Gasteiger partial charge in [-0.25, -0.2) is 0 Å². The minimum absolute atomic E-state index is 0. The fourth-order valence-electron chi connectivity index (χ4n) is 4.37. The molecule has 214 valence electrons. The Kier molecular flexibility index (Phi) is 11.7. The number of ether oxygens (including phenoxy) is 3. The molecule has 0 saturated carbocycles. The number of carboxylic acids is 1. The molecule has 0 aliphatic heterocycles. The summed E-state index contributed by atoms with van der Waals surface area (Å²) in [6, 6.07) is 17.0. The Morgan fingerprint density at radius 3 is 1.88 bits per heavy atom. The van der Waals surface area contributed by atoms with Crippen LogP contribution in [0.25, 0.3) is 16.6 Å². The standard InChI is InChI=1S/C32H34N2O6S.Na/c1-18(2)38-27-15-21(16-28(39-19(3)4)31(27)40-20(5)6)14-24(30(35)22-10-8-7-9-11-22)29(32(36)37)23-12-13-25-26(17-23)34-41-33-25;/h7-13,15-20H,14H2,1-6H3,(H,36,37);/q;+1/p-1/b29-24+;. The number of ketones is 1. The van der Waals surface area contributed by atoms with Crippen LogP contribution in [0, 0.1) is 0 Å². The second-order valence-electron chi connectivity index (χ2n) is 10.4. The number of carboxylic acid groups (broad SMARTS) is 1. The van der Waals surface area contributed by atoms with E-state index in [1.54, 1.807) is 60.7 Å². The Bertz CT molecular complexity index is 1550. The number of nitrogens with zero attached hydrogens (tertiary/aromatic N) is 2. The number of hydrogen-bond acceptors (Lipinski definition) is 9. The van der Waals surface area contributed by atoms with E-state index in [1.165, 1.54) is 0 Å². The number of fused-ring (bicyclic) bond motifs is 1. The number of carbonyl (C=O) groups is 2. The number of carbonyl (C=O) groups excluding carboxylic acids is 2. The van der Waals surface area contributed by atoms with E-state index in [2.05, 4.69) is 8.75 Å². The van der Waals surface area contributed by atoms with E-state index >= 15 is 0 Å². The Labute approximate surface area is 272 Å². The van der Waals surface area contributed by atoms with Gasteiger partial charge in [-0.2, -0.15) is 8.75 Å². The first kappa shape index (κ1) is 33.3. The van der Waals surface area contributed by atoms with Gasteiger partial charge in [0.15, 0.2) is 17.3 Å². The van der Waals surface area contributed by atoms with Crippen LogP contribution in [0.3, 0.4) is 0 Å². The fourth-order valence-corrected chi connectivity index (χ4v) is 4.89. The third-order valence-corrected chi connectivity index (χ3v) is 6.46. The van der Waals surface area contributed by atoms with Gasteiger partial charge in [0.1, 0.15) is 11.0 Å². The second kappa shape index (κ2) is 14.8. The van der Waals surface area contributed by atoms with E-state index in [0.29, 0.717) is 45.0 Å². The first-order valence-corrected chi connectivity index (χ1v) is 14.2. The Balaban J connectivity index is 0.00000484. The maximum atomic E-state index is 14.0. The van der Waals surface area contributed by atoms with Gasteiger partial charge in [-0.1, -0.05) is 36.4 Å². The van der Waals surface area contributed by atoms with Gasteiger partial charge in [0.25, 0.3) is 0 Å². The predicted molar refractivity (Wildman–Crippen MR) is 158 cm³/mol. The SMILES string of the molecule is CC(C)Oc1cc(C/C(C(=O)c2ccccc2)=C(\C(=O)[O-])c2ccc3nsnc3c2)cc(OC(C)C)c1OC(C)C.[Na+]. The van der Waals surface area contributed by atoms with Gasteiger partial charge < -0.3 is 24.1 Å². The van der Waals surface area contributed by atoms with Crippen molar-refractivity contribution in [1.82, 2.24) is 8.75 Å². The minimum Gasteiger partial charge on any atom is -0.545 e. The zero-order valence-corrected chi connectivity index (χ0v) is 27.8. The third-order valence-electron chi connectivity index (χ3n) is 5.90. The predicted octanol–water partition coefficient (Wildman–Crippen LogP) is 2.69. The summed E-state index contributed by atoms with van der Waals surface area (Å²) in [5.74, 6) is -0.560. The smallest absolute Gasteiger partial charge is 0.545 e. The van der Waals surface area contributed by atoms with Crippen molar-refractivity contribution in [2.45, 2.75) is 66.3 Å². The molecular formula is C32H33N2NaO6S. The number of allylic oxidation sites excluding steroid dienone is 1. The van der Waals surface area contributed by atoms with Crippen LogP contribution in [0.5, 0.6) is 17.2 Å². The molecule has 0 fully saturated rings. The van der Waals surface area contributed by atoms with Crippen molar-refractivity contribution in [1.29, 1.82) is 0 Å². The topological polar surface area (TPSA) is 111 Å².